The first kappa shape index (κ1) is 11.7. The van der Waals surface area contributed by atoms with Crippen molar-refractivity contribution in [3.05, 3.63) is 35.9 Å². The van der Waals surface area contributed by atoms with E-state index >= 15 is 0 Å². The van der Waals surface area contributed by atoms with E-state index < -0.39 is 0 Å². The first-order chi connectivity index (χ1) is 6.43. The fourth-order valence-electron chi connectivity index (χ4n) is 1.52. The minimum atomic E-state index is -0.0724. The van der Waals surface area contributed by atoms with Gasteiger partial charge in [-0.25, -0.2) is 0 Å². The van der Waals surface area contributed by atoms with Gasteiger partial charge in [0, 0.05) is 28.2 Å². The molecule has 1 unspecified atom stereocenters. The molecule has 0 saturated carbocycles. The van der Waals surface area contributed by atoms with E-state index in [9.17, 15) is 4.79 Å². The van der Waals surface area contributed by atoms with Gasteiger partial charge in [0.2, 0.25) is 0 Å². The molecule has 1 aromatic carbocycles. The first-order valence-electron chi connectivity index (χ1n) is 4.48. The lowest BCUT2D eigenvalue weighted by Gasteiger charge is -2.31. The topological polar surface area (TPSA) is 17.1 Å². The van der Waals surface area contributed by atoms with Gasteiger partial charge in [0.25, 0.3) is 3.79 Å². The van der Waals surface area contributed by atoms with Crippen LogP contribution in [-0.2, 0) is 4.79 Å². The summed E-state index contributed by atoms with van der Waals surface area (Å²) in [6.45, 7) is 0. The molecule has 2 nitrogen and oxygen atoms in total. The number of carbonyl (C=O) groups is 1. The highest BCUT2D eigenvalue weighted by molar-refractivity contribution is 14.1. The Morgan fingerprint density at radius 3 is 2.07 bits per heavy atom. The van der Waals surface area contributed by atoms with Gasteiger partial charge < -0.3 is 4.48 Å². The number of quaternary nitrogens is 1. The maximum atomic E-state index is 11.6. The second kappa shape index (κ2) is 4.40. The Labute approximate surface area is 98.6 Å². The smallest absolute Gasteiger partial charge is 0.253 e. The van der Waals surface area contributed by atoms with Crippen LogP contribution in [0.25, 0.3) is 0 Å². The van der Waals surface area contributed by atoms with E-state index in [4.69, 9.17) is 0 Å². The molecule has 76 valence electrons. The predicted octanol–water partition coefficient (Wildman–Crippen LogP) is 2.40. The third kappa shape index (κ3) is 2.78. The number of halogens is 1. The maximum absolute atomic E-state index is 11.6. The molecule has 0 N–H and O–H groups in total. The van der Waals surface area contributed by atoms with Gasteiger partial charge in [-0.3, -0.25) is 4.79 Å². The zero-order valence-electron chi connectivity index (χ0n) is 8.70. The second-order valence-corrected chi connectivity index (χ2v) is 5.30. The monoisotopic (exact) mass is 304 g/mol. The van der Waals surface area contributed by atoms with Crippen LogP contribution in [0.4, 0.5) is 0 Å². The van der Waals surface area contributed by atoms with Crippen LogP contribution in [0, 0.1) is 0 Å². The lowest BCUT2D eigenvalue weighted by molar-refractivity contribution is -0.891. The van der Waals surface area contributed by atoms with Gasteiger partial charge in [-0.1, -0.05) is 30.3 Å². The molecule has 0 aliphatic heterocycles. The summed E-state index contributed by atoms with van der Waals surface area (Å²) in [5, 5.41) is 0. The molecule has 3 heteroatoms. The van der Waals surface area contributed by atoms with Crippen molar-refractivity contribution in [1.29, 1.82) is 0 Å². The van der Waals surface area contributed by atoms with E-state index in [0.717, 1.165) is 5.56 Å². The van der Waals surface area contributed by atoms with Crippen molar-refractivity contribution in [2.24, 2.45) is 0 Å². The van der Waals surface area contributed by atoms with Crippen molar-refractivity contribution in [1.82, 2.24) is 0 Å². The lowest BCUT2D eigenvalue weighted by Crippen LogP contribution is -2.41. The summed E-state index contributed by atoms with van der Waals surface area (Å²) in [5.41, 5.74) is 1.08. The SMILES string of the molecule is C[N+](C)(C)C(C(=O)I)c1ccccc1. The fourth-order valence-corrected chi connectivity index (χ4v) is 2.71. The summed E-state index contributed by atoms with van der Waals surface area (Å²) in [6.07, 6.45) is 0. The van der Waals surface area contributed by atoms with E-state index in [0.29, 0.717) is 4.48 Å². The Balaban J connectivity index is 3.08. The molecule has 0 fully saturated rings. The van der Waals surface area contributed by atoms with Gasteiger partial charge >= 0.3 is 0 Å². The van der Waals surface area contributed by atoms with Gasteiger partial charge in [-0.15, -0.1) is 0 Å². The van der Waals surface area contributed by atoms with Gasteiger partial charge in [0.1, 0.15) is 0 Å². The van der Waals surface area contributed by atoms with E-state index in [1.54, 1.807) is 0 Å². The minimum Gasteiger partial charge on any atom is -0.318 e. The number of likely N-dealkylation sites (N-methyl/N-ethyl adjacent to an activating group) is 1. The van der Waals surface area contributed by atoms with Crippen molar-refractivity contribution in [2.75, 3.05) is 21.1 Å². The summed E-state index contributed by atoms with van der Waals surface area (Å²) in [4.78, 5) is 11.6. The van der Waals surface area contributed by atoms with Crippen molar-refractivity contribution < 1.29 is 9.28 Å². The minimum absolute atomic E-state index is 0.0724. The largest absolute Gasteiger partial charge is 0.318 e. The maximum Gasteiger partial charge on any atom is 0.253 e. The fraction of sp³-hybridized carbons (Fsp3) is 0.364. The molecule has 0 amide bonds. The average Bonchev–Trinajstić information content (AvgIpc) is 2.02. The van der Waals surface area contributed by atoms with Crippen LogP contribution in [0.1, 0.15) is 11.6 Å². The molecule has 1 aromatic rings. The predicted molar refractivity (Wildman–Crippen MR) is 66.2 cm³/mol. The highest BCUT2D eigenvalue weighted by Gasteiger charge is 2.30. The number of hydrogen-bond acceptors (Lipinski definition) is 1. The second-order valence-electron chi connectivity index (χ2n) is 4.23. The van der Waals surface area contributed by atoms with E-state index in [1.165, 1.54) is 0 Å². The molecular formula is C11H15INO+. The van der Waals surface area contributed by atoms with Crippen molar-refractivity contribution in [2.45, 2.75) is 6.04 Å². The molecule has 0 saturated heterocycles. The van der Waals surface area contributed by atoms with E-state index in [2.05, 4.69) is 0 Å². The Kier molecular flexibility index (Phi) is 3.66. The van der Waals surface area contributed by atoms with Crippen LogP contribution in [-0.4, -0.2) is 29.4 Å². The molecule has 0 spiro atoms. The Hall–Kier alpha value is -0.420. The molecule has 0 aliphatic rings. The first-order valence-corrected chi connectivity index (χ1v) is 5.56. The molecule has 0 aliphatic carbocycles. The van der Waals surface area contributed by atoms with Crippen LogP contribution >= 0.6 is 22.6 Å². The normalized spacial score (nSPS) is 13.7. The highest BCUT2D eigenvalue weighted by Crippen LogP contribution is 2.26. The molecule has 0 bridgehead atoms. The molecule has 14 heavy (non-hydrogen) atoms. The number of nitrogens with zero attached hydrogens (tertiary/aromatic N) is 1. The van der Waals surface area contributed by atoms with Crippen molar-refractivity contribution in [3.8, 4) is 0 Å². The summed E-state index contributed by atoms with van der Waals surface area (Å²) < 4.78 is 0.813. The van der Waals surface area contributed by atoms with Crippen molar-refractivity contribution >= 4 is 26.4 Å². The molecule has 0 radical (unpaired) electrons. The van der Waals surface area contributed by atoms with E-state index in [-0.39, 0.29) is 9.83 Å². The van der Waals surface area contributed by atoms with E-state index in [1.807, 2.05) is 74.1 Å². The van der Waals surface area contributed by atoms with Crippen molar-refractivity contribution in [3.63, 3.8) is 0 Å². The third-order valence-corrected chi connectivity index (χ3v) is 2.69. The standard InChI is InChI=1S/C11H15INO/c1-13(2,3)10(11(12)14)9-7-5-4-6-8-9/h4-8,10H,1-3H3/q+1. The molecule has 0 aromatic heterocycles. The van der Waals surface area contributed by atoms with Crippen LogP contribution in [0.3, 0.4) is 0 Å². The zero-order valence-corrected chi connectivity index (χ0v) is 10.9. The summed E-state index contributed by atoms with van der Waals surface area (Å²) in [5.74, 6) is 0. The number of rotatable bonds is 3. The molecule has 0 heterocycles. The van der Waals surface area contributed by atoms with Crippen LogP contribution in [0.15, 0.2) is 30.3 Å². The Bertz CT molecular complexity index is 316. The van der Waals surface area contributed by atoms with Gasteiger partial charge in [0.15, 0.2) is 6.04 Å². The quantitative estimate of drug-likeness (QED) is 0.476. The number of hydrogen-bond donors (Lipinski definition) is 0. The average molecular weight is 304 g/mol. The van der Waals surface area contributed by atoms with Gasteiger partial charge in [-0.05, 0) is 0 Å². The number of benzene rings is 1. The summed E-state index contributed by atoms with van der Waals surface area (Å²) >= 11 is 1.88. The lowest BCUT2D eigenvalue weighted by atomic mass is 10.1. The van der Waals surface area contributed by atoms with Gasteiger partial charge in [0.05, 0.1) is 21.1 Å². The van der Waals surface area contributed by atoms with Crippen LogP contribution in [0.2, 0.25) is 0 Å². The van der Waals surface area contributed by atoms with Crippen LogP contribution in [0.5, 0.6) is 0 Å². The zero-order chi connectivity index (χ0) is 10.8. The summed E-state index contributed by atoms with van der Waals surface area (Å²) in [7, 11) is 6.11. The number of carbonyl (C=O) groups excluding carboxylic acids is 1. The third-order valence-electron chi connectivity index (χ3n) is 2.10. The van der Waals surface area contributed by atoms with Gasteiger partial charge in [-0.2, -0.15) is 0 Å². The molecular weight excluding hydrogens is 289 g/mol. The Morgan fingerprint density at radius 2 is 1.71 bits per heavy atom. The highest BCUT2D eigenvalue weighted by atomic mass is 127. The van der Waals surface area contributed by atoms with Crippen LogP contribution < -0.4 is 0 Å². The molecule has 1 rings (SSSR count). The molecule has 1 atom stereocenters. The summed E-state index contributed by atoms with van der Waals surface area (Å²) in [6, 6.07) is 9.84. The Morgan fingerprint density at radius 1 is 1.21 bits per heavy atom.